The number of benzene rings is 3. The highest BCUT2D eigenvalue weighted by atomic mass is 35.5. The molecule has 11 heteroatoms. The van der Waals surface area contributed by atoms with Gasteiger partial charge in [0.1, 0.15) is 22.3 Å². The van der Waals surface area contributed by atoms with Gasteiger partial charge in [0.05, 0.1) is 18.5 Å². The summed E-state index contributed by atoms with van der Waals surface area (Å²) in [5.41, 5.74) is 3.54. The van der Waals surface area contributed by atoms with Gasteiger partial charge in [0, 0.05) is 24.5 Å². The SMILES string of the molecule is C[C@@H]1CN(Cc2cc(C(CC(=O)O)c3ccc4c(c3)nnn4C)ccc2Cl)S(=O)(=O)c2ccccc2O1. The number of fused-ring (bicyclic) bond motifs is 2. The van der Waals surface area contributed by atoms with Crippen LogP contribution in [0, 0.1) is 0 Å². The summed E-state index contributed by atoms with van der Waals surface area (Å²) in [4.78, 5) is 11.9. The molecule has 0 spiro atoms. The lowest BCUT2D eigenvalue weighted by molar-refractivity contribution is -0.137. The normalized spacial score (nSPS) is 18.1. The summed E-state index contributed by atoms with van der Waals surface area (Å²) in [5, 5.41) is 18.2. The number of sulfonamides is 1. The molecule has 1 aromatic heterocycles. The number of hydrogen-bond donors (Lipinski definition) is 1. The lowest BCUT2D eigenvalue weighted by Gasteiger charge is -2.23. The number of nitrogens with zero attached hydrogens (tertiary/aromatic N) is 4. The van der Waals surface area contributed by atoms with Gasteiger partial charge in [-0.25, -0.2) is 13.1 Å². The first kappa shape index (κ1) is 25.2. The van der Waals surface area contributed by atoms with Crippen molar-refractivity contribution in [2.45, 2.75) is 36.8 Å². The highest BCUT2D eigenvalue weighted by Gasteiger charge is 2.33. The third-order valence-electron chi connectivity index (χ3n) is 6.49. The number of carboxylic acids is 1. The Balaban J connectivity index is 1.53. The maximum atomic E-state index is 13.5. The molecule has 37 heavy (non-hydrogen) atoms. The Hall–Kier alpha value is -3.47. The minimum Gasteiger partial charge on any atom is -0.488 e. The number of hydrogen-bond acceptors (Lipinski definition) is 6. The second-order valence-electron chi connectivity index (χ2n) is 9.14. The van der Waals surface area contributed by atoms with Crippen LogP contribution >= 0.6 is 11.6 Å². The van der Waals surface area contributed by atoms with Crippen LogP contribution in [-0.2, 0) is 28.4 Å². The topological polar surface area (TPSA) is 115 Å². The van der Waals surface area contributed by atoms with Crippen LogP contribution in [0.4, 0.5) is 0 Å². The van der Waals surface area contributed by atoms with Gasteiger partial charge in [0.15, 0.2) is 0 Å². The molecule has 3 aromatic carbocycles. The number of rotatable bonds is 6. The van der Waals surface area contributed by atoms with Crippen LogP contribution in [0.15, 0.2) is 65.6 Å². The first-order valence-electron chi connectivity index (χ1n) is 11.7. The number of carboxylic acid groups (broad SMARTS) is 1. The van der Waals surface area contributed by atoms with Crippen molar-refractivity contribution >= 4 is 38.6 Å². The molecular weight excluding hydrogens is 516 g/mol. The summed E-state index contributed by atoms with van der Waals surface area (Å²) in [7, 11) is -2.07. The molecule has 192 valence electrons. The van der Waals surface area contributed by atoms with E-state index in [1.807, 2.05) is 25.1 Å². The molecule has 2 atom stereocenters. The van der Waals surface area contributed by atoms with Crippen molar-refractivity contribution in [1.29, 1.82) is 0 Å². The number of ether oxygens (including phenoxy) is 1. The Bertz CT molecular complexity index is 1600. The van der Waals surface area contributed by atoms with Crippen LogP contribution in [-0.4, -0.2) is 51.4 Å². The lowest BCUT2D eigenvalue weighted by Crippen LogP contribution is -2.35. The maximum Gasteiger partial charge on any atom is 0.304 e. The highest BCUT2D eigenvalue weighted by Crippen LogP contribution is 2.35. The fourth-order valence-corrected chi connectivity index (χ4v) is 6.48. The molecule has 4 aromatic rings. The average molecular weight is 541 g/mol. The molecule has 0 bridgehead atoms. The molecule has 1 aliphatic heterocycles. The van der Waals surface area contributed by atoms with E-state index in [1.165, 1.54) is 10.4 Å². The van der Waals surface area contributed by atoms with Crippen LogP contribution < -0.4 is 4.74 Å². The van der Waals surface area contributed by atoms with E-state index < -0.39 is 21.9 Å². The Morgan fingerprint density at radius 1 is 1.16 bits per heavy atom. The van der Waals surface area contributed by atoms with Gasteiger partial charge >= 0.3 is 5.97 Å². The summed E-state index contributed by atoms with van der Waals surface area (Å²) in [5.74, 6) is -1.14. The Morgan fingerprint density at radius 3 is 2.68 bits per heavy atom. The largest absolute Gasteiger partial charge is 0.488 e. The van der Waals surface area contributed by atoms with E-state index >= 15 is 0 Å². The van der Waals surface area contributed by atoms with Crippen LogP contribution in [0.25, 0.3) is 11.0 Å². The van der Waals surface area contributed by atoms with Crippen molar-refractivity contribution < 1.29 is 23.1 Å². The van der Waals surface area contributed by atoms with Gasteiger partial charge < -0.3 is 9.84 Å². The molecule has 0 amide bonds. The molecule has 2 heterocycles. The summed E-state index contributed by atoms with van der Waals surface area (Å²) in [6, 6.07) is 17.4. The van der Waals surface area contributed by atoms with Gasteiger partial charge in [-0.1, -0.05) is 47.1 Å². The van der Waals surface area contributed by atoms with Gasteiger partial charge in [-0.05, 0) is 53.9 Å². The van der Waals surface area contributed by atoms with Crippen molar-refractivity contribution in [3.8, 4) is 5.75 Å². The van der Waals surface area contributed by atoms with E-state index in [-0.39, 0.29) is 30.5 Å². The van der Waals surface area contributed by atoms with Crippen LogP contribution in [0.3, 0.4) is 0 Å². The molecule has 5 rings (SSSR count). The summed E-state index contributed by atoms with van der Waals surface area (Å²) in [6.07, 6.45) is -0.536. The molecule has 1 unspecified atom stereocenters. The first-order chi connectivity index (χ1) is 17.6. The molecule has 1 N–H and O–H groups in total. The van der Waals surface area contributed by atoms with Crippen molar-refractivity contribution in [2.24, 2.45) is 7.05 Å². The van der Waals surface area contributed by atoms with Crippen molar-refractivity contribution in [3.63, 3.8) is 0 Å². The van der Waals surface area contributed by atoms with Gasteiger partial charge in [0.2, 0.25) is 10.0 Å². The molecular formula is C26H25ClN4O5S. The predicted octanol–water partition coefficient (Wildman–Crippen LogP) is 4.20. The van der Waals surface area contributed by atoms with Gasteiger partial charge in [-0.3, -0.25) is 4.79 Å². The van der Waals surface area contributed by atoms with Crippen molar-refractivity contribution in [1.82, 2.24) is 19.3 Å². The van der Waals surface area contributed by atoms with Gasteiger partial charge in [-0.15, -0.1) is 5.10 Å². The zero-order valence-corrected chi connectivity index (χ0v) is 21.8. The van der Waals surface area contributed by atoms with E-state index in [2.05, 4.69) is 10.3 Å². The van der Waals surface area contributed by atoms with E-state index in [4.69, 9.17) is 16.3 Å². The fraction of sp³-hybridized carbons (Fsp3) is 0.269. The number of aromatic nitrogens is 3. The lowest BCUT2D eigenvalue weighted by atomic mass is 9.87. The summed E-state index contributed by atoms with van der Waals surface area (Å²) < 4.78 is 35.9. The summed E-state index contributed by atoms with van der Waals surface area (Å²) in [6.45, 7) is 1.97. The number of halogens is 1. The van der Waals surface area contributed by atoms with Crippen molar-refractivity contribution in [2.75, 3.05) is 6.54 Å². The van der Waals surface area contributed by atoms with Crippen LogP contribution in [0.5, 0.6) is 5.75 Å². The first-order valence-corrected chi connectivity index (χ1v) is 13.5. The smallest absolute Gasteiger partial charge is 0.304 e. The molecule has 0 saturated heterocycles. The molecule has 9 nitrogen and oxygen atoms in total. The van der Waals surface area contributed by atoms with E-state index in [9.17, 15) is 18.3 Å². The average Bonchev–Trinajstić information content (AvgIpc) is 3.19. The van der Waals surface area contributed by atoms with E-state index in [0.29, 0.717) is 27.4 Å². The zero-order valence-electron chi connectivity index (χ0n) is 20.2. The number of carbonyl (C=O) groups is 1. The second-order valence-corrected chi connectivity index (χ2v) is 11.4. The highest BCUT2D eigenvalue weighted by molar-refractivity contribution is 7.89. The number of aryl methyl sites for hydroxylation is 1. The van der Waals surface area contributed by atoms with Crippen LogP contribution in [0.1, 0.15) is 36.0 Å². The van der Waals surface area contributed by atoms with Crippen molar-refractivity contribution in [3.05, 3.63) is 82.4 Å². The molecule has 0 fully saturated rings. The quantitative estimate of drug-likeness (QED) is 0.390. The molecule has 0 aliphatic carbocycles. The van der Waals surface area contributed by atoms with Gasteiger partial charge in [-0.2, -0.15) is 4.31 Å². The third-order valence-corrected chi connectivity index (χ3v) is 8.71. The fourth-order valence-electron chi connectivity index (χ4n) is 4.69. The monoisotopic (exact) mass is 540 g/mol. The van der Waals surface area contributed by atoms with E-state index in [1.54, 1.807) is 48.1 Å². The Kier molecular flexibility index (Phi) is 6.65. The Labute approximate surface area is 219 Å². The van der Waals surface area contributed by atoms with Gasteiger partial charge in [0.25, 0.3) is 0 Å². The molecule has 1 aliphatic rings. The maximum absolute atomic E-state index is 13.5. The van der Waals surface area contributed by atoms with E-state index in [0.717, 1.165) is 11.1 Å². The van der Waals surface area contributed by atoms with Crippen LogP contribution in [0.2, 0.25) is 5.02 Å². The minimum atomic E-state index is -3.86. The predicted molar refractivity (Wildman–Crippen MR) is 138 cm³/mol. The molecule has 0 radical (unpaired) electrons. The number of para-hydroxylation sites is 1. The number of aliphatic carboxylic acids is 1. The summed E-state index contributed by atoms with van der Waals surface area (Å²) >= 11 is 6.53. The zero-order chi connectivity index (χ0) is 26.3. The Morgan fingerprint density at radius 2 is 1.89 bits per heavy atom. The third kappa shape index (κ3) is 4.92. The molecule has 0 saturated carbocycles. The minimum absolute atomic E-state index is 0.0139. The standard InChI is InChI=1S/C26H25ClN4O5S/c1-16-14-31(37(34,35)25-6-4-3-5-24(25)36-16)15-19-11-17(7-9-21(19)27)20(13-26(32)33)18-8-10-23-22(12-18)28-29-30(23)2/h3-12,16,20H,13-15H2,1-2H3,(H,32,33)/t16-,20?/m1/s1. The second kappa shape index (κ2) is 9.77.